The zero-order chi connectivity index (χ0) is 22.2. The summed E-state index contributed by atoms with van der Waals surface area (Å²) in [6, 6.07) is 18.5. The Kier molecular flexibility index (Phi) is 5.51. The normalized spacial score (nSPS) is 11.5. The van der Waals surface area contributed by atoms with Gasteiger partial charge in [-0.15, -0.1) is 11.3 Å². The first kappa shape index (κ1) is 21.0. The monoisotopic (exact) mass is 455 g/mol. The first-order valence-corrected chi connectivity index (χ1v) is 11.6. The molecule has 31 heavy (non-hydrogen) atoms. The molecule has 158 valence electrons. The molecule has 0 bridgehead atoms. The number of fused-ring (bicyclic) bond motifs is 1. The van der Waals surface area contributed by atoms with Gasteiger partial charge in [0.25, 0.3) is 10.0 Å². The summed E-state index contributed by atoms with van der Waals surface area (Å²) in [7, 11) is -4.02. The molecule has 1 aromatic heterocycles. The minimum Gasteiger partial charge on any atom is -0.478 e. The van der Waals surface area contributed by atoms with Crippen LogP contribution in [0.4, 0.5) is 9.39 Å². The Balaban J connectivity index is 1.85. The number of halogens is 1. The van der Waals surface area contributed by atoms with E-state index in [0.717, 1.165) is 15.6 Å². The van der Waals surface area contributed by atoms with Gasteiger partial charge in [-0.1, -0.05) is 30.3 Å². The maximum atomic E-state index is 13.6. The van der Waals surface area contributed by atoms with Crippen molar-refractivity contribution in [2.75, 3.05) is 4.31 Å². The number of hydrogen-bond donors (Lipinski definition) is 1. The summed E-state index contributed by atoms with van der Waals surface area (Å²) in [6.45, 7) is 1.88. The fourth-order valence-electron chi connectivity index (χ4n) is 3.32. The van der Waals surface area contributed by atoms with E-state index in [9.17, 15) is 17.6 Å². The van der Waals surface area contributed by atoms with E-state index in [1.807, 2.05) is 31.2 Å². The number of nitrogens with zero attached hydrogens (tertiary/aromatic N) is 1. The van der Waals surface area contributed by atoms with Gasteiger partial charge in [0.2, 0.25) is 0 Å². The third kappa shape index (κ3) is 4.04. The zero-order valence-electron chi connectivity index (χ0n) is 16.4. The van der Waals surface area contributed by atoms with Gasteiger partial charge in [-0.25, -0.2) is 17.6 Å². The Morgan fingerprint density at radius 1 is 1.00 bits per heavy atom. The number of benzene rings is 3. The quantitative estimate of drug-likeness (QED) is 0.420. The Morgan fingerprint density at radius 2 is 1.65 bits per heavy atom. The molecule has 1 heterocycles. The number of rotatable bonds is 6. The van der Waals surface area contributed by atoms with Gasteiger partial charge in [0.15, 0.2) is 0 Å². The SMILES string of the molecule is Cc1c(N(Cc2ccc(F)cc2)S(=O)(=O)c2ccc(C(=O)O)cc2)sc2ccccc12. The average Bonchev–Trinajstić information content (AvgIpc) is 3.09. The molecule has 0 unspecified atom stereocenters. The number of aromatic carboxylic acids is 1. The second-order valence-corrected chi connectivity index (χ2v) is 9.89. The molecule has 0 radical (unpaired) electrons. The molecule has 0 fully saturated rings. The highest BCUT2D eigenvalue weighted by Crippen LogP contribution is 2.40. The lowest BCUT2D eigenvalue weighted by Gasteiger charge is -2.24. The topological polar surface area (TPSA) is 74.7 Å². The highest BCUT2D eigenvalue weighted by atomic mass is 32.2. The van der Waals surface area contributed by atoms with Gasteiger partial charge in [-0.05, 0) is 65.9 Å². The number of carbonyl (C=O) groups is 1. The van der Waals surface area contributed by atoms with Crippen LogP contribution in [0, 0.1) is 12.7 Å². The van der Waals surface area contributed by atoms with Crippen LogP contribution in [0.5, 0.6) is 0 Å². The van der Waals surface area contributed by atoms with Gasteiger partial charge >= 0.3 is 5.97 Å². The van der Waals surface area contributed by atoms with E-state index in [1.54, 1.807) is 12.1 Å². The molecule has 5 nitrogen and oxygen atoms in total. The lowest BCUT2D eigenvalue weighted by atomic mass is 10.2. The van der Waals surface area contributed by atoms with Crippen LogP contribution < -0.4 is 4.31 Å². The molecule has 0 atom stereocenters. The third-order valence-electron chi connectivity index (χ3n) is 4.97. The van der Waals surface area contributed by atoms with Crippen LogP contribution in [0.2, 0.25) is 0 Å². The molecule has 0 saturated heterocycles. The number of thiophene rings is 1. The second-order valence-electron chi connectivity index (χ2n) is 7.00. The molecule has 8 heteroatoms. The molecule has 1 N–H and O–H groups in total. The van der Waals surface area contributed by atoms with Gasteiger partial charge in [0, 0.05) is 4.70 Å². The van der Waals surface area contributed by atoms with Crippen molar-refractivity contribution in [2.24, 2.45) is 0 Å². The van der Waals surface area contributed by atoms with E-state index in [-0.39, 0.29) is 17.0 Å². The summed E-state index contributed by atoms with van der Waals surface area (Å²) in [6.07, 6.45) is 0. The van der Waals surface area contributed by atoms with E-state index in [1.165, 1.54) is 52.0 Å². The number of sulfonamides is 1. The van der Waals surface area contributed by atoms with Gasteiger partial charge in [-0.2, -0.15) is 0 Å². The Bertz CT molecular complexity index is 1360. The predicted molar refractivity (Wildman–Crippen MR) is 120 cm³/mol. The Hall–Kier alpha value is -3.23. The van der Waals surface area contributed by atoms with Gasteiger partial charge < -0.3 is 5.11 Å². The second kappa shape index (κ2) is 8.13. The Labute approximate surface area is 183 Å². The first-order valence-electron chi connectivity index (χ1n) is 9.36. The summed E-state index contributed by atoms with van der Waals surface area (Å²) < 4.78 is 42.9. The van der Waals surface area contributed by atoms with E-state index >= 15 is 0 Å². The minimum atomic E-state index is -4.02. The van der Waals surface area contributed by atoms with Gasteiger partial charge in [-0.3, -0.25) is 4.31 Å². The van der Waals surface area contributed by atoms with E-state index in [4.69, 9.17) is 5.11 Å². The van der Waals surface area contributed by atoms with Crippen LogP contribution in [-0.4, -0.2) is 19.5 Å². The number of aryl methyl sites for hydroxylation is 1. The van der Waals surface area contributed by atoms with Crippen LogP contribution in [0.25, 0.3) is 10.1 Å². The van der Waals surface area contributed by atoms with Crippen LogP contribution >= 0.6 is 11.3 Å². The van der Waals surface area contributed by atoms with Gasteiger partial charge in [0.05, 0.1) is 17.0 Å². The van der Waals surface area contributed by atoms with Crippen LogP contribution in [0.1, 0.15) is 21.5 Å². The minimum absolute atomic E-state index is 0.00192. The summed E-state index contributed by atoms with van der Waals surface area (Å²) >= 11 is 1.36. The van der Waals surface area contributed by atoms with Crippen molar-refractivity contribution in [1.29, 1.82) is 0 Å². The molecule has 0 spiro atoms. The smallest absolute Gasteiger partial charge is 0.335 e. The van der Waals surface area contributed by atoms with E-state index < -0.39 is 21.8 Å². The van der Waals surface area contributed by atoms with Crippen LogP contribution in [0.15, 0.2) is 77.7 Å². The summed E-state index contributed by atoms with van der Waals surface area (Å²) in [5, 5.41) is 10.6. The lowest BCUT2D eigenvalue weighted by Crippen LogP contribution is -2.30. The molecule has 0 saturated carbocycles. The number of carboxylic acids is 1. The molecule has 0 amide bonds. The maximum Gasteiger partial charge on any atom is 0.335 e. The van der Waals surface area contributed by atoms with Crippen molar-refractivity contribution in [3.63, 3.8) is 0 Å². The zero-order valence-corrected chi connectivity index (χ0v) is 18.1. The van der Waals surface area contributed by atoms with Gasteiger partial charge in [0.1, 0.15) is 10.8 Å². The summed E-state index contributed by atoms with van der Waals surface area (Å²) in [5.74, 6) is -1.53. The molecule has 0 aliphatic carbocycles. The van der Waals surface area contributed by atoms with Crippen LogP contribution in [-0.2, 0) is 16.6 Å². The summed E-state index contributed by atoms with van der Waals surface area (Å²) in [5.41, 5.74) is 1.46. The molecular formula is C23H18FNO4S2. The standard InChI is InChI=1S/C23H18FNO4S2/c1-15-20-4-2-3-5-21(20)30-22(15)25(14-16-6-10-18(24)11-7-16)31(28,29)19-12-8-17(9-13-19)23(26)27/h2-13H,14H2,1H3,(H,26,27). The van der Waals surface area contributed by atoms with Crippen LogP contribution in [0.3, 0.4) is 0 Å². The Morgan fingerprint density at radius 3 is 2.26 bits per heavy atom. The third-order valence-corrected chi connectivity index (χ3v) is 8.14. The van der Waals surface area contributed by atoms with Crippen molar-refractivity contribution < 1.29 is 22.7 Å². The molecule has 0 aliphatic rings. The van der Waals surface area contributed by atoms with Crippen molar-refractivity contribution in [3.05, 3.63) is 95.3 Å². The highest BCUT2D eigenvalue weighted by molar-refractivity contribution is 7.93. The van der Waals surface area contributed by atoms with E-state index in [0.29, 0.717) is 10.6 Å². The number of hydrogen-bond acceptors (Lipinski definition) is 4. The van der Waals surface area contributed by atoms with Crippen molar-refractivity contribution in [2.45, 2.75) is 18.4 Å². The number of anilines is 1. The van der Waals surface area contributed by atoms with Crippen molar-refractivity contribution in [3.8, 4) is 0 Å². The molecule has 4 rings (SSSR count). The fraction of sp³-hybridized carbons (Fsp3) is 0.0870. The predicted octanol–water partition coefficient (Wildman–Crippen LogP) is 5.44. The van der Waals surface area contributed by atoms with E-state index in [2.05, 4.69) is 0 Å². The van der Waals surface area contributed by atoms with Crippen molar-refractivity contribution >= 4 is 42.4 Å². The number of carboxylic acid groups (broad SMARTS) is 1. The average molecular weight is 456 g/mol. The first-order chi connectivity index (χ1) is 14.8. The lowest BCUT2D eigenvalue weighted by molar-refractivity contribution is 0.0696. The molecule has 0 aliphatic heterocycles. The highest BCUT2D eigenvalue weighted by Gasteiger charge is 2.29. The molecule has 3 aromatic carbocycles. The molecule has 4 aromatic rings. The fourth-order valence-corrected chi connectivity index (χ4v) is 6.25. The molecular weight excluding hydrogens is 437 g/mol. The largest absolute Gasteiger partial charge is 0.478 e. The van der Waals surface area contributed by atoms with Crippen molar-refractivity contribution in [1.82, 2.24) is 0 Å². The maximum absolute atomic E-state index is 13.6. The summed E-state index contributed by atoms with van der Waals surface area (Å²) in [4.78, 5) is 11.1.